The van der Waals surface area contributed by atoms with Gasteiger partial charge < -0.3 is 19.9 Å². The van der Waals surface area contributed by atoms with Crippen molar-refractivity contribution in [2.75, 3.05) is 52.2 Å². The summed E-state index contributed by atoms with van der Waals surface area (Å²) in [7, 11) is 3.51. The van der Waals surface area contributed by atoms with E-state index in [1.807, 2.05) is 66.4 Å². The molecule has 3 rings (SSSR count). The highest BCUT2D eigenvalue weighted by Crippen LogP contribution is 2.28. The third kappa shape index (κ3) is 5.10. The summed E-state index contributed by atoms with van der Waals surface area (Å²) in [5, 5.41) is 3.05. The van der Waals surface area contributed by atoms with Gasteiger partial charge in [-0.1, -0.05) is 42.5 Å². The van der Waals surface area contributed by atoms with E-state index in [1.54, 1.807) is 19.0 Å². The van der Waals surface area contributed by atoms with Crippen LogP contribution in [-0.2, 0) is 4.79 Å². The Morgan fingerprint density at radius 2 is 1.63 bits per heavy atom. The van der Waals surface area contributed by atoms with E-state index in [0.717, 1.165) is 5.56 Å². The van der Waals surface area contributed by atoms with E-state index in [2.05, 4.69) is 10.2 Å². The average Bonchev–Trinajstić information content (AvgIpc) is 2.76. The van der Waals surface area contributed by atoms with Gasteiger partial charge in [0.2, 0.25) is 5.91 Å². The van der Waals surface area contributed by atoms with Gasteiger partial charge >= 0.3 is 6.03 Å². The van der Waals surface area contributed by atoms with E-state index in [4.69, 9.17) is 4.74 Å². The molecule has 0 aliphatic carbocycles. The molecule has 1 N–H and O–H groups in total. The number of nitrogens with one attached hydrogen (secondary N) is 1. The van der Waals surface area contributed by atoms with E-state index >= 15 is 0 Å². The van der Waals surface area contributed by atoms with Crippen LogP contribution >= 0.6 is 0 Å². The number of para-hydroxylation sites is 2. The van der Waals surface area contributed by atoms with Crippen molar-refractivity contribution >= 4 is 17.6 Å². The fraction of sp³-hybridized carbons (Fsp3) is 0.391. The Bertz CT molecular complexity index is 849. The average molecular weight is 411 g/mol. The smallest absolute Gasteiger partial charge is 0.319 e. The van der Waals surface area contributed by atoms with Crippen LogP contribution in [0.3, 0.4) is 0 Å². The van der Waals surface area contributed by atoms with Gasteiger partial charge in [0.15, 0.2) is 0 Å². The summed E-state index contributed by atoms with van der Waals surface area (Å²) in [4.78, 5) is 31.2. The molecule has 0 bridgehead atoms. The maximum atomic E-state index is 13.4. The maximum Gasteiger partial charge on any atom is 0.319 e. The molecule has 1 unspecified atom stereocenters. The van der Waals surface area contributed by atoms with Crippen LogP contribution in [0.5, 0.6) is 5.75 Å². The second-order valence-corrected chi connectivity index (χ2v) is 7.43. The number of nitrogens with zero attached hydrogens (tertiary/aromatic N) is 3. The van der Waals surface area contributed by atoms with Gasteiger partial charge in [-0.2, -0.15) is 0 Å². The number of urea groups is 1. The first-order chi connectivity index (χ1) is 14.5. The molecule has 3 amide bonds. The van der Waals surface area contributed by atoms with Gasteiger partial charge in [-0.25, -0.2) is 4.79 Å². The first-order valence-electron chi connectivity index (χ1n) is 10.3. The van der Waals surface area contributed by atoms with Gasteiger partial charge in [0, 0.05) is 40.3 Å². The van der Waals surface area contributed by atoms with Gasteiger partial charge in [0.05, 0.1) is 12.3 Å². The van der Waals surface area contributed by atoms with Gasteiger partial charge in [-0.3, -0.25) is 9.69 Å². The molecule has 7 nitrogen and oxygen atoms in total. The van der Waals surface area contributed by atoms with Gasteiger partial charge in [0.25, 0.3) is 0 Å². The molecule has 0 saturated carbocycles. The lowest BCUT2D eigenvalue weighted by atomic mass is 10.0. The van der Waals surface area contributed by atoms with Crippen LogP contribution < -0.4 is 10.1 Å². The van der Waals surface area contributed by atoms with Crippen molar-refractivity contribution < 1.29 is 14.3 Å². The van der Waals surface area contributed by atoms with E-state index in [-0.39, 0.29) is 11.9 Å². The van der Waals surface area contributed by atoms with Crippen LogP contribution in [0.15, 0.2) is 54.6 Å². The summed E-state index contributed by atoms with van der Waals surface area (Å²) in [6.07, 6.45) is 0. The normalized spacial score (nSPS) is 15.4. The van der Waals surface area contributed by atoms with E-state index in [9.17, 15) is 9.59 Å². The summed E-state index contributed by atoms with van der Waals surface area (Å²) in [5.74, 6) is 0.544. The number of amides is 3. The summed E-state index contributed by atoms with van der Waals surface area (Å²) in [6, 6.07) is 16.8. The fourth-order valence-electron chi connectivity index (χ4n) is 3.67. The highest BCUT2D eigenvalue weighted by atomic mass is 16.5. The number of carbonyl (C=O) groups is 2. The zero-order valence-electron chi connectivity index (χ0n) is 17.9. The molecule has 1 aliphatic heterocycles. The third-order valence-electron chi connectivity index (χ3n) is 5.14. The van der Waals surface area contributed by atoms with Crippen LogP contribution in [0.2, 0.25) is 0 Å². The van der Waals surface area contributed by atoms with Crippen molar-refractivity contribution in [3.8, 4) is 5.75 Å². The molecule has 30 heavy (non-hydrogen) atoms. The number of hydrogen-bond donors (Lipinski definition) is 1. The second kappa shape index (κ2) is 10.1. The lowest BCUT2D eigenvalue weighted by Crippen LogP contribution is -2.53. The molecule has 160 valence electrons. The monoisotopic (exact) mass is 410 g/mol. The fourth-order valence-corrected chi connectivity index (χ4v) is 3.67. The van der Waals surface area contributed by atoms with Crippen molar-refractivity contribution in [2.24, 2.45) is 0 Å². The lowest BCUT2D eigenvalue weighted by molar-refractivity contribution is -0.122. The van der Waals surface area contributed by atoms with Crippen LogP contribution in [0.1, 0.15) is 18.5 Å². The standard InChI is InChI=1S/C23H30N4O3/c1-4-30-20-13-9-8-12-19(20)24-22(28)21(18-10-6-5-7-11-18)26-14-16-27(17-15-26)23(29)25(2)3/h5-13,21H,4,14-17H2,1-3H3,(H,24,28). The zero-order chi connectivity index (χ0) is 21.5. The first kappa shape index (κ1) is 21.6. The molecular weight excluding hydrogens is 380 g/mol. The van der Waals surface area contributed by atoms with Gasteiger partial charge in [-0.05, 0) is 24.6 Å². The Labute approximate surface area is 178 Å². The molecule has 2 aromatic rings. The molecule has 7 heteroatoms. The van der Waals surface area contributed by atoms with Crippen molar-refractivity contribution in [2.45, 2.75) is 13.0 Å². The molecule has 1 saturated heterocycles. The molecule has 0 radical (unpaired) electrons. The molecule has 1 atom stereocenters. The number of anilines is 1. The summed E-state index contributed by atoms with van der Waals surface area (Å²) in [6.45, 7) is 4.86. The summed E-state index contributed by atoms with van der Waals surface area (Å²) in [5.41, 5.74) is 1.59. The van der Waals surface area contributed by atoms with Crippen molar-refractivity contribution in [1.29, 1.82) is 0 Å². The third-order valence-corrected chi connectivity index (χ3v) is 5.14. The van der Waals surface area contributed by atoms with Gasteiger partial charge in [-0.15, -0.1) is 0 Å². The minimum atomic E-state index is -0.447. The van der Waals surface area contributed by atoms with Gasteiger partial charge in [0.1, 0.15) is 11.8 Å². The predicted molar refractivity (Wildman–Crippen MR) is 118 cm³/mol. The number of ether oxygens (including phenoxy) is 1. The van der Waals surface area contributed by atoms with Crippen molar-refractivity contribution in [3.63, 3.8) is 0 Å². The summed E-state index contributed by atoms with van der Waals surface area (Å²) < 4.78 is 5.65. The molecule has 1 heterocycles. The largest absolute Gasteiger partial charge is 0.492 e. The number of carbonyl (C=O) groups excluding carboxylic acids is 2. The van der Waals surface area contributed by atoms with E-state index < -0.39 is 6.04 Å². The number of rotatable bonds is 6. The topological polar surface area (TPSA) is 65.1 Å². The number of hydrogen-bond acceptors (Lipinski definition) is 4. The Morgan fingerprint density at radius 3 is 2.27 bits per heavy atom. The van der Waals surface area contributed by atoms with Crippen molar-refractivity contribution in [1.82, 2.24) is 14.7 Å². The molecule has 1 fully saturated rings. The quantitative estimate of drug-likeness (QED) is 0.795. The summed E-state index contributed by atoms with van der Waals surface area (Å²) >= 11 is 0. The Balaban J connectivity index is 1.79. The zero-order valence-corrected chi connectivity index (χ0v) is 17.9. The SMILES string of the molecule is CCOc1ccccc1NC(=O)C(c1ccccc1)N1CCN(C(=O)N(C)C)CC1. The van der Waals surface area contributed by atoms with Crippen LogP contribution in [0.25, 0.3) is 0 Å². The predicted octanol–water partition coefficient (Wildman–Crippen LogP) is 3.06. The minimum Gasteiger partial charge on any atom is -0.492 e. The van der Waals surface area contributed by atoms with Crippen LogP contribution in [-0.4, -0.2) is 73.5 Å². The molecular formula is C23H30N4O3. The highest BCUT2D eigenvalue weighted by Gasteiger charge is 2.32. The molecule has 0 spiro atoms. The Kier molecular flexibility index (Phi) is 7.30. The molecule has 1 aliphatic rings. The first-order valence-corrected chi connectivity index (χ1v) is 10.3. The van der Waals surface area contributed by atoms with E-state index in [1.165, 1.54) is 0 Å². The van der Waals surface area contributed by atoms with Crippen molar-refractivity contribution in [3.05, 3.63) is 60.2 Å². The molecule has 0 aromatic heterocycles. The Hall–Kier alpha value is -3.06. The van der Waals surface area contributed by atoms with Crippen LogP contribution in [0.4, 0.5) is 10.5 Å². The Morgan fingerprint density at radius 1 is 1.00 bits per heavy atom. The highest BCUT2D eigenvalue weighted by molar-refractivity contribution is 5.96. The van der Waals surface area contributed by atoms with E-state index in [0.29, 0.717) is 44.2 Å². The maximum absolute atomic E-state index is 13.4. The number of piperazine rings is 1. The van der Waals surface area contributed by atoms with Crippen LogP contribution in [0, 0.1) is 0 Å². The second-order valence-electron chi connectivity index (χ2n) is 7.43. The number of benzene rings is 2. The lowest BCUT2D eigenvalue weighted by Gasteiger charge is -2.39. The molecule has 2 aromatic carbocycles. The minimum absolute atomic E-state index is 0.000930.